The summed E-state index contributed by atoms with van der Waals surface area (Å²) in [6.07, 6.45) is 0. The van der Waals surface area contributed by atoms with Crippen LogP contribution in [-0.4, -0.2) is 23.9 Å². The van der Waals surface area contributed by atoms with Crippen LogP contribution in [0.5, 0.6) is 0 Å². The Kier molecular flexibility index (Phi) is 1.79. The van der Waals surface area contributed by atoms with E-state index in [4.69, 9.17) is 0 Å². The normalized spacial score (nSPS) is 18.1. The second-order valence-electron chi connectivity index (χ2n) is 3.18. The summed E-state index contributed by atoms with van der Waals surface area (Å²) in [6, 6.07) is 0. The molecule has 0 aromatic rings. The molecule has 0 saturated carbocycles. The molecule has 0 N–H and O–H groups in total. The molecule has 10 heavy (non-hydrogen) atoms. The van der Waals surface area contributed by atoms with Crippen molar-refractivity contribution in [3.8, 4) is 0 Å². The number of likely N-dealkylation sites (tertiary alicyclic amines) is 1. The summed E-state index contributed by atoms with van der Waals surface area (Å²) in [7, 11) is 0. The zero-order valence-corrected chi connectivity index (χ0v) is 6.55. The predicted octanol–water partition coefficient (Wildman–Crippen LogP) is 1.04. The third-order valence-electron chi connectivity index (χ3n) is 1.56. The lowest BCUT2D eigenvalue weighted by atomic mass is 10.1. The monoisotopic (exact) mass is 139 g/mol. The molecule has 0 atom stereocenters. The minimum atomic E-state index is 0.133. The zero-order valence-electron chi connectivity index (χ0n) is 6.55. The summed E-state index contributed by atoms with van der Waals surface area (Å²) < 4.78 is 0. The number of carbonyl (C=O) groups excluding carboxylic acids is 1. The van der Waals surface area contributed by atoms with Crippen LogP contribution in [0.4, 0.5) is 0 Å². The minimum absolute atomic E-state index is 0.133. The molecular formula is C8H13NO. The third-order valence-corrected chi connectivity index (χ3v) is 1.56. The van der Waals surface area contributed by atoms with E-state index < -0.39 is 0 Å². The molecule has 0 unspecified atom stereocenters. The molecule has 0 aliphatic carbocycles. The molecule has 1 rings (SSSR count). The molecule has 1 heterocycles. The highest BCUT2D eigenvalue weighted by Crippen LogP contribution is 2.15. The van der Waals surface area contributed by atoms with Gasteiger partial charge in [-0.25, -0.2) is 0 Å². The minimum Gasteiger partial charge on any atom is -0.334 e. The van der Waals surface area contributed by atoms with Gasteiger partial charge in [0.15, 0.2) is 0 Å². The maximum absolute atomic E-state index is 10.9. The summed E-state index contributed by atoms with van der Waals surface area (Å²) in [5, 5.41) is 0. The van der Waals surface area contributed by atoms with Gasteiger partial charge in [0.05, 0.1) is 6.54 Å². The molecule has 0 bridgehead atoms. The quantitative estimate of drug-likeness (QED) is 0.413. The topological polar surface area (TPSA) is 20.3 Å². The van der Waals surface area contributed by atoms with Gasteiger partial charge in [0.25, 0.3) is 5.91 Å². The molecule has 2 heteroatoms. The van der Waals surface area contributed by atoms with E-state index in [0.717, 1.165) is 18.7 Å². The van der Waals surface area contributed by atoms with Crippen molar-refractivity contribution in [2.24, 2.45) is 5.92 Å². The van der Waals surface area contributed by atoms with E-state index in [1.54, 1.807) is 0 Å². The Morgan fingerprint density at radius 3 is 2.60 bits per heavy atom. The van der Waals surface area contributed by atoms with Gasteiger partial charge in [-0.15, -0.1) is 0 Å². The molecule has 2 nitrogen and oxygen atoms in total. The van der Waals surface area contributed by atoms with Gasteiger partial charge in [-0.05, 0) is 5.92 Å². The van der Waals surface area contributed by atoms with Gasteiger partial charge in [0.1, 0.15) is 0 Å². The Balaban J connectivity index is 2.34. The number of carbonyl (C=O) groups is 1. The number of hydrogen-bond donors (Lipinski definition) is 0. The van der Waals surface area contributed by atoms with Crippen LogP contribution in [0.2, 0.25) is 0 Å². The molecular weight excluding hydrogens is 126 g/mol. The Morgan fingerprint density at radius 1 is 1.70 bits per heavy atom. The van der Waals surface area contributed by atoms with Crippen molar-refractivity contribution >= 4 is 5.91 Å². The summed E-state index contributed by atoms with van der Waals surface area (Å²) in [5.74, 6) is 0.700. The Labute approximate surface area is 61.5 Å². The first-order valence-corrected chi connectivity index (χ1v) is 3.58. The lowest BCUT2D eigenvalue weighted by molar-refractivity contribution is -0.133. The summed E-state index contributed by atoms with van der Waals surface area (Å²) in [4.78, 5) is 12.7. The maximum atomic E-state index is 10.9. The van der Waals surface area contributed by atoms with Crippen molar-refractivity contribution in [2.45, 2.75) is 13.8 Å². The van der Waals surface area contributed by atoms with E-state index in [2.05, 4.69) is 20.4 Å². The van der Waals surface area contributed by atoms with Crippen LogP contribution in [0.3, 0.4) is 0 Å². The average Bonchev–Trinajstić information content (AvgIpc) is 1.86. The Morgan fingerprint density at radius 2 is 2.30 bits per heavy atom. The smallest absolute Gasteiger partial charge is 0.251 e. The Hall–Kier alpha value is -0.790. The number of hydrogen-bond acceptors (Lipinski definition) is 1. The number of rotatable bonds is 2. The van der Waals surface area contributed by atoms with Crippen LogP contribution in [0, 0.1) is 5.92 Å². The van der Waals surface area contributed by atoms with Crippen molar-refractivity contribution in [3.63, 3.8) is 0 Å². The number of β-lactam (4-membered cyclic amide) rings is 1. The van der Waals surface area contributed by atoms with Gasteiger partial charge in [-0.2, -0.15) is 0 Å². The van der Waals surface area contributed by atoms with Gasteiger partial charge in [0, 0.05) is 12.1 Å². The number of nitrogens with zero attached hydrogens (tertiary/aromatic N) is 1. The van der Waals surface area contributed by atoms with E-state index in [-0.39, 0.29) is 5.91 Å². The third kappa shape index (κ3) is 1.20. The van der Waals surface area contributed by atoms with Crippen LogP contribution < -0.4 is 0 Å². The van der Waals surface area contributed by atoms with E-state index in [9.17, 15) is 4.79 Å². The van der Waals surface area contributed by atoms with Crippen molar-refractivity contribution in [1.82, 2.24) is 4.90 Å². The van der Waals surface area contributed by atoms with Gasteiger partial charge < -0.3 is 4.90 Å². The van der Waals surface area contributed by atoms with Crippen molar-refractivity contribution in [3.05, 3.63) is 12.2 Å². The second kappa shape index (κ2) is 2.45. The average molecular weight is 139 g/mol. The van der Waals surface area contributed by atoms with Crippen LogP contribution in [-0.2, 0) is 4.79 Å². The summed E-state index contributed by atoms with van der Waals surface area (Å²) in [5.41, 5.74) is 0.751. The fourth-order valence-corrected chi connectivity index (χ4v) is 1.09. The van der Waals surface area contributed by atoms with Gasteiger partial charge in [-0.1, -0.05) is 20.4 Å². The molecule has 1 amide bonds. The van der Waals surface area contributed by atoms with E-state index >= 15 is 0 Å². The molecule has 0 radical (unpaired) electrons. The maximum Gasteiger partial charge on any atom is 0.251 e. The van der Waals surface area contributed by atoms with Gasteiger partial charge >= 0.3 is 0 Å². The van der Waals surface area contributed by atoms with Crippen molar-refractivity contribution < 1.29 is 4.79 Å². The highest BCUT2D eigenvalue weighted by Gasteiger charge is 2.28. The SMILES string of the molecule is C=C1CN(CC(C)C)C1=O. The molecule has 1 fully saturated rings. The highest BCUT2D eigenvalue weighted by atomic mass is 16.2. The lowest BCUT2D eigenvalue weighted by Gasteiger charge is -2.33. The standard InChI is InChI=1S/C8H13NO/c1-6(2)4-9-5-7(3)8(9)10/h6H,3-5H2,1-2H3. The van der Waals surface area contributed by atoms with E-state index in [0.29, 0.717) is 5.92 Å². The van der Waals surface area contributed by atoms with Gasteiger partial charge in [0.2, 0.25) is 0 Å². The largest absolute Gasteiger partial charge is 0.334 e. The zero-order chi connectivity index (χ0) is 7.72. The summed E-state index contributed by atoms with van der Waals surface area (Å²) >= 11 is 0. The molecule has 0 aromatic carbocycles. The molecule has 1 aliphatic rings. The molecule has 1 aliphatic heterocycles. The van der Waals surface area contributed by atoms with Crippen LogP contribution in [0.1, 0.15) is 13.8 Å². The summed E-state index contributed by atoms with van der Waals surface area (Å²) in [6.45, 7) is 9.47. The fraction of sp³-hybridized carbons (Fsp3) is 0.625. The first kappa shape index (κ1) is 7.32. The lowest BCUT2D eigenvalue weighted by Crippen LogP contribution is -2.47. The molecule has 0 spiro atoms. The van der Waals surface area contributed by atoms with Crippen LogP contribution >= 0.6 is 0 Å². The van der Waals surface area contributed by atoms with Crippen molar-refractivity contribution in [1.29, 1.82) is 0 Å². The predicted molar refractivity (Wildman–Crippen MR) is 40.6 cm³/mol. The van der Waals surface area contributed by atoms with Gasteiger partial charge in [-0.3, -0.25) is 4.79 Å². The van der Waals surface area contributed by atoms with Crippen LogP contribution in [0.15, 0.2) is 12.2 Å². The fourth-order valence-electron chi connectivity index (χ4n) is 1.09. The van der Waals surface area contributed by atoms with E-state index in [1.807, 2.05) is 4.90 Å². The molecule has 0 aromatic heterocycles. The molecule has 56 valence electrons. The second-order valence-corrected chi connectivity index (χ2v) is 3.18. The first-order chi connectivity index (χ1) is 4.61. The first-order valence-electron chi connectivity index (χ1n) is 3.58. The Bertz CT molecular complexity index is 172. The highest BCUT2D eigenvalue weighted by molar-refractivity contribution is 5.99. The van der Waals surface area contributed by atoms with Crippen LogP contribution in [0.25, 0.3) is 0 Å². The van der Waals surface area contributed by atoms with E-state index in [1.165, 1.54) is 0 Å². The van der Waals surface area contributed by atoms with Crippen molar-refractivity contribution in [2.75, 3.05) is 13.1 Å². The number of amides is 1. The molecule has 1 saturated heterocycles.